The van der Waals surface area contributed by atoms with Crippen molar-refractivity contribution in [3.63, 3.8) is 0 Å². The summed E-state index contributed by atoms with van der Waals surface area (Å²) >= 11 is 0. The number of hydrogen-bond donors (Lipinski definition) is 2. The van der Waals surface area contributed by atoms with Crippen LogP contribution in [0.25, 0.3) is 0 Å². The van der Waals surface area contributed by atoms with Gasteiger partial charge in [0.15, 0.2) is 0 Å². The lowest BCUT2D eigenvalue weighted by Gasteiger charge is -2.23. The second-order valence-electron chi connectivity index (χ2n) is 5.66. The third-order valence-electron chi connectivity index (χ3n) is 3.33. The summed E-state index contributed by atoms with van der Waals surface area (Å²) in [6.07, 6.45) is 6.60. The van der Waals surface area contributed by atoms with Crippen molar-refractivity contribution in [3.8, 4) is 0 Å². The molecule has 0 saturated heterocycles. The first-order chi connectivity index (χ1) is 8.99. The number of carbonyl (C=O) groups is 1. The maximum atomic E-state index is 10.6. The summed E-state index contributed by atoms with van der Waals surface area (Å²) in [7, 11) is 0. The Hall–Kier alpha value is -1.42. The van der Waals surface area contributed by atoms with Crippen LogP contribution in [-0.2, 0) is 11.2 Å². The highest BCUT2D eigenvalue weighted by Crippen LogP contribution is 2.25. The van der Waals surface area contributed by atoms with Crippen LogP contribution in [0.3, 0.4) is 0 Å². The van der Waals surface area contributed by atoms with Gasteiger partial charge in [-0.25, -0.2) is 0 Å². The molecule has 106 valence electrons. The first-order valence-electron chi connectivity index (χ1n) is 6.81. The summed E-state index contributed by atoms with van der Waals surface area (Å²) in [5, 5.41) is 12.1. The summed E-state index contributed by atoms with van der Waals surface area (Å²) in [5.41, 5.74) is 1.37. The molecule has 0 aliphatic heterocycles. The van der Waals surface area contributed by atoms with Gasteiger partial charge in [-0.05, 0) is 55.5 Å². The highest BCUT2D eigenvalue weighted by atomic mass is 16.4. The molecule has 1 rings (SSSR count). The predicted octanol–water partition coefficient (Wildman–Crippen LogP) is 2.49. The zero-order valence-electron chi connectivity index (χ0n) is 11.9. The normalized spacial score (nSPS) is 11.5. The minimum Gasteiger partial charge on any atom is -0.481 e. The quantitative estimate of drug-likeness (QED) is 0.673. The molecule has 0 bridgehead atoms. The molecule has 0 atom stereocenters. The Kier molecular flexibility index (Phi) is 6.50. The molecular formula is C15H24N2O2. The molecule has 0 spiro atoms. The summed E-state index contributed by atoms with van der Waals surface area (Å²) in [4.78, 5) is 14.5. The number of carboxylic acid groups (broad SMARTS) is 1. The number of rotatable bonds is 9. The van der Waals surface area contributed by atoms with Crippen molar-refractivity contribution in [2.75, 3.05) is 13.1 Å². The van der Waals surface area contributed by atoms with E-state index in [1.165, 1.54) is 5.56 Å². The second-order valence-corrected chi connectivity index (χ2v) is 5.66. The second kappa shape index (κ2) is 7.89. The third-order valence-corrected chi connectivity index (χ3v) is 3.33. The molecule has 0 amide bonds. The zero-order chi connectivity index (χ0) is 14.1. The standard InChI is InChI=1S/C15H24N2O2/c1-15(2,7-3-14(18)19)8-12-17-11-6-13-4-9-16-10-5-13/h4-5,9-10,17H,3,6-8,11-12H2,1-2H3,(H,18,19). The van der Waals surface area contributed by atoms with Crippen LogP contribution in [0.1, 0.15) is 38.7 Å². The number of pyridine rings is 1. The Morgan fingerprint density at radius 2 is 1.95 bits per heavy atom. The van der Waals surface area contributed by atoms with Gasteiger partial charge in [0.05, 0.1) is 0 Å². The molecule has 0 aromatic carbocycles. The number of nitrogens with one attached hydrogen (secondary N) is 1. The van der Waals surface area contributed by atoms with E-state index in [2.05, 4.69) is 24.1 Å². The summed E-state index contributed by atoms with van der Waals surface area (Å²) in [6, 6.07) is 4.05. The Labute approximate surface area is 115 Å². The highest BCUT2D eigenvalue weighted by Gasteiger charge is 2.18. The van der Waals surface area contributed by atoms with Crippen LogP contribution in [0, 0.1) is 5.41 Å². The van der Waals surface area contributed by atoms with E-state index in [9.17, 15) is 4.79 Å². The van der Waals surface area contributed by atoms with E-state index in [0.717, 1.165) is 32.4 Å². The van der Waals surface area contributed by atoms with E-state index in [-0.39, 0.29) is 11.8 Å². The van der Waals surface area contributed by atoms with Gasteiger partial charge in [0.25, 0.3) is 0 Å². The molecule has 0 aliphatic rings. The van der Waals surface area contributed by atoms with Gasteiger partial charge in [-0.2, -0.15) is 0 Å². The van der Waals surface area contributed by atoms with Gasteiger partial charge in [0.1, 0.15) is 0 Å². The van der Waals surface area contributed by atoms with Crippen LogP contribution in [0.4, 0.5) is 0 Å². The summed E-state index contributed by atoms with van der Waals surface area (Å²) in [6.45, 7) is 6.12. The predicted molar refractivity (Wildman–Crippen MR) is 76.1 cm³/mol. The molecule has 4 heteroatoms. The Morgan fingerprint density at radius 3 is 2.58 bits per heavy atom. The van der Waals surface area contributed by atoms with E-state index in [1.54, 1.807) is 0 Å². The Balaban J connectivity index is 2.11. The molecule has 0 saturated carbocycles. The molecule has 4 nitrogen and oxygen atoms in total. The smallest absolute Gasteiger partial charge is 0.303 e. The first-order valence-corrected chi connectivity index (χ1v) is 6.81. The maximum absolute atomic E-state index is 10.6. The minimum absolute atomic E-state index is 0.0854. The van der Waals surface area contributed by atoms with Crippen LogP contribution in [0.5, 0.6) is 0 Å². The van der Waals surface area contributed by atoms with Gasteiger partial charge >= 0.3 is 5.97 Å². The van der Waals surface area contributed by atoms with Crippen LogP contribution >= 0.6 is 0 Å². The molecule has 1 aromatic heterocycles. The van der Waals surface area contributed by atoms with Crippen molar-refractivity contribution in [1.82, 2.24) is 10.3 Å². The van der Waals surface area contributed by atoms with Crippen molar-refractivity contribution in [2.45, 2.75) is 39.5 Å². The zero-order valence-corrected chi connectivity index (χ0v) is 11.9. The van der Waals surface area contributed by atoms with Gasteiger partial charge in [0, 0.05) is 18.8 Å². The molecular weight excluding hydrogens is 240 g/mol. The van der Waals surface area contributed by atoms with Crippen molar-refractivity contribution in [1.29, 1.82) is 0 Å². The Morgan fingerprint density at radius 1 is 1.26 bits per heavy atom. The number of nitrogens with zero attached hydrogens (tertiary/aromatic N) is 1. The molecule has 0 radical (unpaired) electrons. The molecule has 0 aliphatic carbocycles. The summed E-state index contributed by atoms with van der Waals surface area (Å²) in [5.74, 6) is -0.710. The lowest BCUT2D eigenvalue weighted by atomic mass is 9.84. The minimum atomic E-state index is -0.710. The van der Waals surface area contributed by atoms with Gasteiger partial charge < -0.3 is 10.4 Å². The summed E-state index contributed by atoms with van der Waals surface area (Å²) < 4.78 is 0. The van der Waals surface area contributed by atoms with Gasteiger partial charge in [0.2, 0.25) is 0 Å². The lowest BCUT2D eigenvalue weighted by Crippen LogP contribution is -2.24. The van der Waals surface area contributed by atoms with Crippen LogP contribution in [0.2, 0.25) is 0 Å². The number of hydrogen-bond acceptors (Lipinski definition) is 3. The third kappa shape index (κ3) is 7.57. The highest BCUT2D eigenvalue weighted by molar-refractivity contribution is 5.66. The number of aliphatic carboxylic acids is 1. The van der Waals surface area contributed by atoms with Crippen molar-refractivity contribution in [2.24, 2.45) is 5.41 Å². The van der Waals surface area contributed by atoms with Gasteiger partial charge in [-0.3, -0.25) is 9.78 Å². The fourth-order valence-corrected chi connectivity index (χ4v) is 1.90. The average molecular weight is 264 g/mol. The van der Waals surface area contributed by atoms with E-state index < -0.39 is 5.97 Å². The van der Waals surface area contributed by atoms with Gasteiger partial charge in [-0.1, -0.05) is 13.8 Å². The fourth-order valence-electron chi connectivity index (χ4n) is 1.90. The molecule has 19 heavy (non-hydrogen) atoms. The Bertz CT molecular complexity index is 377. The van der Waals surface area contributed by atoms with Crippen molar-refractivity contribution >= 4 is 5.97 Å². The topological polar surface area (TPSA) is 62.2 Å². The number of carboxylic acids is 1. The van der Waals surface area contributed by atoms with E-state index in [4.69, 9.17) is 5.11 Å². The average Bonchev–Trinajstić information content (AvgIpc) is 2.37. The largest absolute Gasteiger partial charge is 0.481 e. The molecule has 2 N–H and O–H groups in total. The van der Waals surface area contributed by atoms with E-state index in [0.29, 0.717) is 0 Å². The monoisotopic (exact) mass is 264 g/mol. The fraction of sp³-hybridized carbons (Fsp3) is 0.600. The maximum Gasteiger partial charge on any atom is 0.303 e. The SMILES string of the molecule is CC(C)(CCNCCc1ccncc1)CCC(=O)O. The van der Waals surface area contributed by atoms with Crippen LogP contribution in [0.15, 0.2) is 24.5 Å². The van der Waals surface area contributed by atoms with Gasteiger partial charge in [-0.15, -0.1) is 0 Å². The van der Waals surface area contributed by atoms with Crippen molar-refractivity contribution in [3.05, 3.63) is 30.1 Å². The first kappa shape index (κ1) is 15.6. The number of aromatic nitrogens is 1. The van der Waals surface area contributed by atoms with E-state index in [1.807, 2.05) is 24.5 Å². The van der Waals surface area contributed by atoms with Crippen LogP contribution < -0.4 is 5.32 Å². The van der Waals surface area contributed by atoms with Crippen LogP contribution in [-0.4, -0.2) is 29.1 Å². The lowest BCUT2D eigenvalue weighted by molar-refractivity contribution is -0.137. The molecule has 1 heterocycles. The van der Waals surface area contributed by atoms with Crippen molar-refractivity contribution < 1.29 is 9.90 Å². The molecule has 1 aromatic rings. The molecule has 0 unspecified atom stereocenters. The van der Waals surface area contributed by atoms with E-state index >= 15 is 0 Å². The molecule has 0 fully saturated rings.